The lowest BCUT2D eigenvalue weighted by Gasteiger charge is -2.21. The first kappa shape index (κ1) is 17.9. The van der Waals surface area contributed by atoms with E-state index in [-0.39, 0.29) is 19.1 Å². The smallest absolute Gasteiger partial charge is 0.248 e. The molecule has 1 aromatic carbocycles. The molecule has 1 fully saturated rings. The van der Waals surface area contributed by atoms with E-state index in [2.05, 4.69) is 4.90 Å². The Kier molecular flexibility index (Phi) is 7.48. The maximum Gasteiger partial charge on any atom is 0.248 e. The van der Waals surface area contributed by atoms with Crippen molar-refractivity contribution in [2.75, 3.05) is 45.9 Å². The van der Waals surface area contributed by atoms with Gasteiger partial charge in [-0.15, -0.1) is 0 Å². The Morgan fingerprint density at radius 3 is 2.74 bits per heavy atom. The number of benzene rings is 1. The lowest BCUT2D eigenvalue weighted by molar-refractivity contribution is -0.137. The summed E-state index contributed by atoms with van der Waals surface area (Å²) in [5.41, 5.74) is 1.03. The molecule has 1 aliphatic heterocycles. The third-order valence-electron chi connectivity index (χ3n) is 3.91. The minimum Gasteiger partial charge on any atom is -0.396 e. The molecule has 2 rings (SSSR count). The number of rotatable bonds is 7. The van der Waals surface area contributed by atoms with Gasteiger partial charge in [0.05, 0.1) is 12.7 Å². The number of hydrogen-bond donors (Lipinski definition) is 2. The standard InChI is InChI=1S/C17H26N2O4/c20-10-4-7-18-8-9-19(12-16(21)11-18)17(22)14-23-13-15-5-2-1-3-6-15/h1-3,5-6,16,20-21H,4,7-14H2/t16-/m1/s1. The van der Waals surface area contributed by atoms with E-state index in [1.165, 1.54) is 0 Å². The summed E-state index contributed by atoms with van der Waals surface area (Å²) in [5.74, 6) is -0.0935. The van der Waals surface area contributed by atoms with Crippen LogP contribution in [0.1, 0.15) is 12.0 Å². The lowest BCUT2D eigenvalue weighted by atomic mass is 10.2. The minimum atomic E-state index is -0.561. The second kappa shape index (κ2) is 9.62. The molecule has 0 saturated carbocycles. The second-order valence-electron chi connectivity index (χ2n) is 5.85. The number of aliphatic hydroxyl groups is 2. The Morgan fingerprint density at radius 2 is 2.00 bits per heavy atom. The second-order valence-corrected chi connectivity index (χ2v) is 5.85. The van der Waals surface area contributed by atoms with Crippen molar-refractivity contribution in [3.05, 3.63) is 35.9 Å². The molecule has 1 aliphatic rings. The van der Waals surface area contributed by atoms with E-state index in [1.54, 1.807) is 4.90 Å². The minimum absolute atomic E-state index is 0.0260. The molecule has 2 N–H and O–H groups in total. The molecule has 0 spiro atoms. The summed E-state index contributed by atoms with van der Waals surface area (Å²) in [4.78, 5) is 16.0. The van der Waals surface area contributed by atoms with Crippen LogP contribution < -0.4 is 0 Å². The first-order valence-electron chi connectivity index (χ1n) is 8.09. The van der Waals surface area contributed by atoms with Crippen molar-refractivity contribution in [1.82, 2.24) is 9.80 Å². The number of aliphatic hydroxyl groups excluding tert-OH is 2. The van der Waals surface area contributed by atoms with Gasteiger partial charge in [-0.1, -0.05) is 30.3 Å². The molecule has 1 aromatic rings. The first-order valence-corrected chi connectivity index (χ1v) is 8.09. The summed E-state index contributed by atoms with van der Waals surface area (Å²) < 4.78 is 5.48. The van der Waals surface area contributed by atoms with E-state index >= 15 is 0 Å². The molecule has 6 heteroatoms. The van der Waals surface area contributed by atoms with Crippen molar-refractivity contribution in [3.63, 3.8) is 0 Å². The fourth-order valence-corrected chi connectivity index (χ4v) is 2.70. The van der Waals surface area contributed by atoms with Crippen LogP contribution in [0.3, 0.4) is 0 Å². The monoisotopic (exact) mass is 322 g/mol. The van der Waals surface area contributed by atoms with Crippen molar-refractivity contribution in [2.45, 2.75) is 19.1 Å². The van der Waals surface area contributed by atoms with E-state index in [1.807, 2.05) is 30.3 Å². The number of carbonyl (C=O) groups is 1. The van der Waals surface area contributed by atoms with E-state index in [4.69, 9.17) is 9.84 Å². The molecule has 0 unspecified atom stereocenters. The van der Waals surface area contributed by atoms with Crippen LogP contribution in [-0.2, 0) is 16.1 Å². The predicted molar refractivity (Wildman–Crippen MR) is 86.8 cm³/mol. The van der Waals surface area contributed by atoms with Crippen LogP contribution in [-0.4, -0.2) is 78.0 Å². The van der Waals surface area contributed by atoms with Crippen molar-refractivity contribution in [3.8, 4) is 0 Å². The molecule has 1 amide bonds. The summed E-state index contributed by atoms with van der Waals surface area (Å²) in [6.07, 6.45) is 0.121. The molecule has 128 valence electrons. The summed E-state index contributed by atoms with van der Waals surface area (Å²) >= 11 is 0. The number of carbonyl (C=O) groups excluding carboxylic acids is 1. The summed E-state index contributed by atoms with van der Waals surface area (Å²) in [5, 5.41) is 18.9. The average Bonchev–Trinajstić information content (AvgIpc) is 2.75. The van der Waals surface area contributed by atoms with Crippen LogP contribution in [0.2, 0.25) is 0 Å². The van der Waals surface area contributed by atoms with Crippen molar-refractivity contribution >= 4 is 5.91 Å². The largest absolute Gasteiger partial charge is 0.396 e. The van der Waals surface area contributed by atoms with Gasteiger partial charge in [0, 0.05) is 39.3 Å². The van der Waals surface area contributed by atoms with Gasteiger partial charge in [-0.05, 0) is 12.0 Å². The van der Waals surface area contributed by atoms with Gasteiger partial charge in [0.15, 0.2) is 0 Å². The van der Waals surface area contributed by atoms with Gasteiger partial charge in [0.25, 0.3) is 0 Å². The zero-order valence-electron chi connectivity index (χ0n) is 13.4. The van der Waals surface area contributed by atoms with Crippen molar-refractivity contribution < 1.29 is 19.7 Å². The first-order chi connectivity index (χ1) is 11.2. The van der Waals surface area contributed by atoms with Crippen LogP contribution >= 0.6 is 0 Å². The summed E-state index contributed by atoms with van der Waals surface area (Å²) in [6, 6.07) is 9.73. The van der Waals surface area contributed by atoms with Crippen LogP contribution in [0.15, 0.2) is 30.3 Å². The van der Waals surface area contributed by atoms with Crippen LogP contribution in [0, 0.1) is 0 Å². The Morgan fingerprint density at radius 1 is 1.22 bits per heavy atom. The lowest BCUT2D eigenvalue weighted by Crippen LogP contribution is -2.39. The number of ether oxygens (including phenoxy) is 1. The highest BCUT2D eigenvalue weighted by Crippen LogP contribution is 2.06. The van der Waals surface area contributed by atoms with Crippen molar-refractivity contribution in [2.24, 2.45) is 0 Å². The van der Waals surface area contributed by atoms with Crippen LogP contribution in [0.25, 0.3) is 0 Å². The van der Waals surface area contributed by atoms with E-state index in [9.17, 15) is 9.90 Å². The molecule has 0 aromatic heterocycles. The normalized spacial score (nSPS) is 19.6. The Balaban J connectivity index is 1.75. The number of β-amino-alcohol motifs (C(OH)–C–C–N with tert-alkyl or cyclic N) is 1. The molecule has 6 nitrogen and oxygen atoms in total. The fraction of sp³-hybridized carbons (Fsp3) is 0.588. The SMILES string of the molecule is O=C(COCc1ccccc1)N1CCN(CCCO)C[C@@H](O)C1. The highest BCUT2D eigenvalue weighted by molar-refractivity contribution is 5.77. The van der Waals surface area contributed by atoms with Crippen LogP contribution in [0.5, 0.6) is 0 Å². The zero-order chi connectivity index (χ0) is 16.5. The summed E-state index contributed by atoms with van der Waals surface area (Å²) in [7, 11) is 0. The predicted octanol–water partition coefficient (Wildman–Crippen LogP) is 0.0907. The highest BCUT2D eigenvalue weighted by atomic mass is 16.5. The van der Waals surface area contributed by atoms with Gasteiger partial charge in [-0.2, -0.15) is 0 Å². The molecule has 1 heterocycles. The van der Waals surface area contributed by atoms with Gasteiger partial charge in [0.1, 0.15) is 6.61 Å². The number of amides is 1. The molecular formula is C17H26N2O4. The van der Waals surface area contributed by atoms with Gasteiger partial charge >= 0.3 is 0 Å². The Labute approximate surface area is 137 Å². The average molecular weight is 322 g/mol. The topological polar surface area (TPSA) is 73.2 Å². The maximum absolute atomic E-state index is 12.2. The number of nitrogens with zero attached hydrogens (tertiary/aromatic N) is 2. The zero-order valence-corrected chi connectivity index (χ0v) is 13.4. The Hall–Kier alpha value is -1.47. The molecule has 0 radical (unpaired) electrons. The maximum atomic E-state index is 12.2. The van der Waals surface area contributed by atoms with E-state index in [0.29, 0.717) is 39.2 Å². The van der Waals surface area contributed by atoms with Gasteiger partial charge < -0.3 is 19.8 Å². The van der Waals surface area contributed by atoms with Crippen LogP contribution in [0.4, 0.5) is 0 Å². The van der Waals surface area contributed by atoms with E-state index < -0.39 is 6.10 Å². The van der Waals surface area contributed by atoms with Crippen molar-refractivity contribution in [1.29, 1.82) is 0 Å². The molecule has 0 aliphatic carbocycles. The molecule has 23 heavy (non-hydrogen) atoms. The van der Waals surface area contributed by atoms with Gasteiger partial charge in [-0.25, -0.2) is 0 Å². The molecular weight excluding hydrogens is 296 g/mol. The van der Waals surface area contributed by atoms with Gasteiger partial charge in [0.2, 0.25) is 5.91 Å². The fourth-order valence-electron chi connectivity index (χ4n) is 2.70. The Bertz CT molecular complexity index is 469. The third kappa shape index (κ3) is 6.27. The van der Waals surface area contributed by atoms with E-state index in [0.717, 1.165) is 12.1 Å². The highest BCUT2D eigenvalue weighted by Gasteiger charge is 2.24. The summed E-state index contributed by atoms with van der Waals surface area (Å²) in [6.45, 7) is 3.47. The third-order valence-corrected chi connectivity index (χ3v) is 3.91. The quantitative estimate of drug-likeness (QED) is 0.744. The number of hydrogen-bond acceptors (Lipinski definition) is 5. The molecule has 0 bridgehead atoms. The molecule has 1 saturated heterocycles. The van der Waals surface area contributed by atoms with Gasteiger partial charge in [-0.3, -0.25) is 9.69 Å². The molecule has 1 atom stereocenters.